The van der Waals surface area contributed by atoms with Gasteiger partial charge in [-0.05, 0) is 0 Å². The summed E-state index contributed by atoms with van der Waals surface area (Å²) in [7, 11) is -4.61. The van der Waals surface area contributed by atoms with Crippen molar-refractivity contribution >= 4 is 9.05 Å². The Morgan fingerprint density at radius 1 is 0.857 bits per heavy atom. The van der Waals surface area contributed by atoms with Crippen LogP contribution in [0.4, 0.5) is 0 Å². The van der Waals surface area contributed by atoms with Crippen LogP contribution in [-0.2, 0) is 16.8 Å². The van der Waals surface area contributed by atoms with Crippen molar-refractivity contribution in [3.8, 4) is 0 Å². The molecule has 0 saturated carbocycles. The molecule has 0 fully saturated rings. The molecular formula is H6CoO5Si. The van der Waals surface area contributed by atoms with E-state index in [9.17, 15) is 0 Å². The normalized spacial score (nSPS) is 8.57. The van der Waals surface area contributed by atoms with Gasteiger partial charge in [0, 0.05) is 16.8 Å². The van der Waals surface area contributed by atoms with Gasteiger partial charge in [-0.15, -0.1) is 0 Å². The minimum Gasteiger partial charge on any atom is -0.412 e. The van der Waals surface area contributed by atoms with Crippen molar-refractivity contribution in [2.24, 2.45) is 0 Å². The molecule has 7 heteroatoms. The molecule has 0 unspecified atom stereocenters. The Morgan fingerprint density at radius 3 is 0.857 bits per heavy atom. The Balaban J connectivity index is -0.0000000800. The predicted molar refractivity (Wildman–Crippen MR) is 18.2 cm³/mol. The van der Waals surface area contributed by atoms with E-state index in [0.717, 1.165) is 0 Å². The summed E-state index contributed by atoms with van der Waals surface area (Å²) in [6, 6.07) is 0. The monoisotopic (exact) mass is 173 g/mol. The van der Waals surface area contributed by atoms with Crippen molar-refractivity contribution in [2.75, 3.05) is 0 Å². The summed E-state index contributed by atoms with van der Waals surface area (Å²) in [5, 5.41) is 0. The summed E-state index contributed by atoms with van der Waals surface area (Å²) in [6.07, 6.45) is 0. The number of hydrogen-bond donors (Lipinski definition) is 4. The zero-order valence-corrected chi connectivity index (χ0v) is 5.16. The minimum absolute atomic E-state index is 0. The average molecular weight is 173 g/mol. The van der Waals surface area contributed by atoms with Crippen LogP contribution in [0.2, 0.25) is 0 Å². The molecule has 0 aromatic rings. The van der Waals surface area contributed by atoms with E-state index in [2.05, 4.69) is 0 Å². The van der Waals surface area contributed by atoms with Crippen molar-refractivity contribution < 1.29 is 41.4 Å². The predicted octanol–water partition coefficient (Wildman–Crippen LogP) is -3.44. The van der Waals surface area contributed by atoms with Gasteiger partial charge in [-0.2, -0.15) is 0 Å². The molecule has 0 aromatic heterocycles. The molecule has 6 N–H and O–H groups in total. The Hall–Kier alpha value is 0.523. The first-order valence-corrected chi connectivity index (χ1v) is 2.68. The molecule has 0 rings (SSSR count). The van der Waals surface area contributed by atoms with E-state index < -0.39 is 9.05 Å². The Bertz CT molecular complexity index is 23.6. The molecule has 0 atom stereocenters. The summed E-state index contributed by atoms with van der Waals surface area (Å²) < 4.78 is 0. The SMILES string of the molecule is O.O[Si](O)(O)O.[Co]. The third-order valence-electron chi connectivity index (χ3n) is 0. The van der Waals surface area contributed by atoms with Gasteiger partial charge in [-0.25, -0.2) is 0 Å². The smallest absolute Gasteiger partial charge is 0.412 e. The molecule has 49 valence electrons. The molecule has 5 nitrogen and oxygen atoms in total. The maximum Gasteiger partial charge on any atom is 0.668 e. The Kier molecular flexibility index (Phi) is 10.5. The fourth-order valence-corrected chi connectivity index (χ4v) is 0. The third kappa shape index (κ3) is 487. The minimum atomic E-state index is -4.61. The average Bonchev–Trinajstić information content (AvgIpc) is 0.722. The van der Waals surface area contributed by atoms with E-state index in [4.69, 9.17) is 19.2 Å². The van der Waals surface area contributed by atoms with Crippen molar-refractivity contribution in [3.63, 3.8) is 0 Å². The first kappa shape index (κ1) is 15.6. The van der Waals surface area contributed by atoms with E-state index >= 15 is 0 Å². The van der Waals surface area contributed by atoms with Crippen LogP contribution in [0.15, 0.2) is 0 Å². The zero-order valence-electron chi connectivity index (χ0n) is 3.12. The second-order valence-electron chi connectivity index (χ2n) is 0.600. The Labute approximate surface area is 51.2 Å². The summed E-state index contributed by atoms with van der Waals surface area (Å²) in [6.45, 7) is 0. The van der Waals surface area contributed by atoms with Crippen LogP contribution in [0.3, 0.4) is 0 Å². The van der Waals surface area contributed by atoms with Gasteiger partial charge < -0.3 is 24.7 Å². The molecule has 0 heterocycles. The second kappa shape index (κ2) is 4.68. The number of rotatable bonds is 0. The van der Waals surface area contributed by atoms with Gasteiger partial charge in [0.2, 0.25) is 0 Å². The maximum absolute atomic E-state index is 7.33. The van der Waals surface area contributed by atoms with E-state index in [0.29, 0.717) is 0 Å². The summed E-state index contributed by atoms with van der Waals surface area (Å²) in [4.78, 5) is 29.3. The van der Waals surface area contributed by atoms with Crippen LogP contribution < -0.4 is 0 Å². The van der Waals surface area contributed by atoms with Gasteiger partial charge >= 0.3 is 9.05 Å². The van der Waals surface area contributed by atoms with Gasteiger partial charge in [0.25, 0.3) is 0 Å². The largest absolute Gasteiger partial charge is 0.668 e. The first-order valence-electron chi connectivity index (χ1n) is 0.894. The van der Waals surface area contributed by atoms with Crippen molar-refractivity contribution in [1.82, 2.24) is 0 Å². The molecule has 0 aliphatic heterocycles. The van der Waals surface area contributed by atoms with Gasteiger partial charge in [0.1, 0.15) is 0 Å². The number of hydrogen-bond acceptors (Lipinski definition) is 4. The molecular weight excluding hydrogens is 167 g/mol. The molecule has 0 bridgehead atoms. The second-order valence-corrected chi connectivity index (χ2v) is 1.80. The first-order chi connectivity index (χ1) is 2.00. The van der Waals surface area contributed by atoms with Crippen LogP contribution >= 0.6 is 0 Å². The van der Waals surface area contributed by atoms with Gasteiger partial charge in [-0.1, -0.05) is 0 Å². The summed E-state index contributed by atoms with van der Waals surface area (Å²) in [5.41, 5.74) is 0. The van der Waals surface area contributed by atoms with Crippen LogP contribution in [-0.4, -0.2) is 33.7 Å². The zero-order chi connectivity index (χ0) is 4.50. The van der Waals surface area contributed by atoms with Crippen molar-refractivity contribution in [3.05, 3.63) is 0 Å². The van der Waals surface area contributed by atoms with Crippen LogP contribution in [0.1, 0.15) is 0 Å². The quantitative estimate of drug-likeness (QED) is 0.285. The fourth-order valence-electron chi connectivity index (χ4n) is 0. The van der Waals surface area contributed by atoms with Gasteiger partial charge in [0.05, 0.1) is 0 Å². The molecule has 7 heavy (non-hydrogen) atoms. The van der Waals surface area contributed by atoms with Crippen LogP contribution in [0, 0.1) is 0 Å². The molecule has 0 aliphatic rings. The van der Waals surface area contributed by atoms with Gasteiger partial charge in [0.15, 0.2) is 0 Å². The van der Waals surface area contributed by atoms with Crippen LogP contribution in [0.25, 0.3) is 0 Å². The molecule has 0 spiro atoms. The maximum atomic E-state index is 7.33. The molecule has 0 aromatic carbocycles. The van der Waals surface area contributed by atoms with Crippen LogP contribution in [0.5, 0.6) is 0 Å². The van der Waals surface area contributed by atoms with E-state index in [1.54, 1.807) is 0 Å². The molecule has 1 radical (unpaired) electrons. The standard InChI is InChI=1S/Co.H4O4Si.H2O/c;1-5(2,3)4;/h;1-4H;1H2. The summed E-state index contributed by atoms with van der Waals surface area (Å²) >= 11 is 0. The van der Waals surface area contributed by atoms with Crippen molar-refractivity contribution in [1.29, 1.82) is 0 Å². The van der Waals surface area contributed by atoms with E-state index in [1.165, 1.54) is 0 Å². The van der Waals surface area contributed by atoms with E-state index in [1.807, 2.05) is 0 Å². The molecule has 0 aliphatic carbocycles. The fraction of sp³-hybridized carbons (Fsp3) is 0. The topological polar surface area (TPSA) is 112 Å². The molecule has 0 saturated heterocycles. The van der Waals surface area contributed by atoms with E-state index in [-0.39, 0.29) is 22.3 Å². The Morgan fingerprint density at radius 2 is 0.857 bits per heavy atom. The summed E-state index contributed by atoms with van der Waals surface area (Å²) in [5.74, 6) is 0. The van der Waals surface area contributed by atoms with Crippen molar-refractivity contribution in [2.45, 2.75) is 0 Å². The molecule has 0 amide bonds. The van der Waals surface area contributed by atoms with Gasteiger partial charge in [-0.3, -0.25) is 0 Å². The third-order valence-corrected chi connectivity index (χ3v) is 0.